The maximum Gasteiger partial charge on any atom is 0.326 e. The monoisotopic (exact) mass is 308 g/mol. The van der Waals surface area contributed by atoms with E-state index in [0.717, 1.165) is 15.9 Å². The molecular weight excluding hydrogens is 296 g/mol. The molecule has 1 rings (SSSR count). The lowest BCUT2D eigenvalue weighted by Crippen LogP contribution is -2.32. The number of carboxylic acids is 1. The van der Waals surface area contributed by atoms with Gasteiger partial charge in [0.15, 0.2) is 0 Å². The predicted molar refractivity (Wildman–Crippen MR) is 69.5 cm³/mol. The molecule has 0 radical (unpaired) electrons. The molecule has 0 amide bonds. The van der Waals surface area contributed by atoms with Crippen LogP contribution >= 0.6 is 22.9 Å². The Morgan fingerprint density at radius 2 is 2.21 bits per heavy atom. The zero-order valence-corrected chi connectivity index (χ0v) is 11.7. The van der Waals surface area contributed by atoms with Gasteiger partial charge in [-0.15, -0.1) is 0 Å². The average Bonchev–Trinajstić information content (AvgIpc) is 2.57. The molecular formula is C10H13ClN2O5S. The number of ether oxygens (including phenoxy) is 1. The van der Waals surface area contributed by atoms with E-state index in [9.17, 15) is 14.4 Å². The molecule has 106 valence electrons. The molecule has 0 saturated carbocycles. The summed E-state index contributed by atoms with van der Waals surface area (Å²) >= 11 is 6.71. The molecule has 3 N–H and O–H groups in total. The Hall–Kier alpha value is -1.38. The SMILES string of the molecule is CCOC(=O)Cn1c(Cl)c(CC(N)C(=O)O)sc1=O. The smallest absolute Gasteiger partial charge is 0.326 e. The van der Waals surface area contributed by atoms with Crippen molar-refractivity contribution in [1.82, 2.24) is 4.57 Å². The number of thiazole rings is 1. The molecule has 1 aromatic rings. The molecule has 0 aliphatic heterocycles. The van der Waals surface area contributed by atoms with Crippen LogP contribution in [0.15, 0.2) is 4.79 Å². The van der Waals surface area contributed by atoms with Crippen LogP contribution in [-0.2, 0) is 27.3 Å². The van der Waals surface area contributed by atoms with Crippen molar-refractivity contribution in [2.45, 2.75) is 25.9 Å². The second kappa shape index (κ2) is 6.69. The van der Waals surface area contributed by atoms with Crippen molar-refractivity contribution in [2.75, 3.05) is 6.61 Å². The Morgan fingerprint density at radius 1 is 1.58 bits per heavy atom. The summed E-state index contributed by atoms with van der Waals surface area (Å²) < 4.78 is 5.75. The Balaban J connectivity index is 2.91. The zero-order valence-electron chi connectivity index (χ0n) is 10.1. The number of nitrogens with zero attached hydrogens (tertiary/aromatic N) is 1. The maximum absolute atomic E-state index is 11.7. The van der Waals surface area contributed by atoms with Crippen molar-refractivity contribution < 1.29 is 19.4 Å². The van der Waals surface area contributed by atoms with Gasteiger partial charge in [-0.3, -0.25) is 19.0 Å². The van der Waals surface area contributed by atoms with Crippen LogP contribution < -0.4 is 10.6 Å². The minimum Gasteiger partial charge on any atom is -0.480 e. The minimum absolute atomic E-state index is 0.0275. The summed E-state index contributed by atoms with van der Waals surface area (Å²) in [5.74, 6) is -1.77. The number of nitrogens with two attached hydrogens (primary N) is 1. The second-order valence-electron chi connectivity index (χ2n) is 3.62. The molecule has 0 spiro atoms. The summed E-state index contributed by atoms with van der Waals surface area (Å²) in [5.41, 5.74) is 5.37. The van der Waals surface area contributed by atoms with Crippen LogP contribution in [0.4, 0.5) is 0 Å². The first kappa shape index (κ1) is 15.7. The van der Waals surface area contributed by atoms with Crippen LogP contribution in [-0.4, -0.2) is 34.3 Å². The maximum atomic E-state index is 11.7. The van der Waals surface area contributed by atoms with Gasteiger partial charge in [0.05, 0.1) is 6.61 Å². The van der Waals surface area contributed by atoms with Crippen molar-refractivity contribution in [1.29, 1.82) is 0 Å². The standard InChI is InChI=1S/C10H13ClN2O5S/c1-2-18-7(14)4-13-8(11)6(19-10(13)17)3-5(12)9(15)16/h5H,2-4,12H2,1H3,(H,15,16). The van der Waals surface area contributed by atoms with E-state index in [2.05, 4.69) is 0 Å². The molecule has 0 bridgehead atoms. The zero-order chi connectivity index (χ0) is 14.6. The topological polar surface area (TPSA) is 112 Å². The quantitative estimate of drug-likeness (QED) is 0.720. The summed E-state index contributed by atoms with van der Waals surface area (Å²) in [4.78, 5) is 33.5. The summed E-state index contributed by atoms with van der Waals surface area (Å²) in [6, 6.07) is -1.15. The lowest BCUT2D eigenvalue weighted by Gasteiger charge is -2.06. The Morgan fingerprint density at radius 3 is 2.74 bits per heavy atom. The number of carboxylic acid groups (broad SMARTS) is 1. The molecule has 9 heteroatoms. The number of carbonyl (C=O) groups excluding carboxylic acids is 1. The molecule has 1 unspecified atom stereocenters. The van der Waals surface area contributed by atoms with Crippen molar-refractivity contribution in [2.24, 2.45) is 5.73 Å². The van der Waals surface area contributed by atoms with Crippen LogP contribution in [0.5, 0.6) is 0 Å². The number of esters is 1. The van der Waals surface area contributed by atoms with Crippen molar-refractivity contribution in [3.8, 4) is 0 Å². The van der Waals surface area contributed by atoms with Gasteiger partial charge in [0.2, 0.25) is 0 Å². The minimum atomic E-state index is -1.19. The van der Waals surface area contributed by atoms with E-state index in [-0.39, 0.29) is 24.7 Å². The molecule has 19 heavy (non-hydrogen) atoms. The first-order valence-corrected chi connectivity index (χ1v) is 6.58. The van der Waals surface area contributed by atoms with Crippen molar-refractivity contribution in [3.05, 3.63) is 19.7 Å². The Bertz CT molecular complexity index is 539. The molecule has 0 fully saturated rings. The lowest BCUT2D eigenvalue weighted by molar-refractivity contribution is -0.144. The van der Waals surface area contributed by atoms with E-state index in [1.54, 1.807) is 6.92 Å². The number of rotatable bonds is 6. The summed E-state index contributed by atoms with van der Waals surface area (Å²) in [6.45, 7) is 1.55. The highest BCUT2D eigenvalue weighted by molar-refractivity contribution is 7.09. The highest BCUT2D eigenvalue weighted by Gasteiger charge is 2.20. The Labute approximate surface area is 117 Å². The largest absolute Gasteiger partial charge is 0.480 e. The number of aliphatic carboxylic acids is 1. The normalized spacial score (nSPS) is 12.2. The summed E-state index contributed by atoms with van der Waals surface area (Å²) in [7, 11) is 0. The van der Waals surface area contributed by atoms with Gasteiger partial charge >= 0.3 is 16.8 Å². The highest BCUT2D eigenvalue weighted by Crippen LogP contribution is 2.20. The van der Waals surface area contributed by atoms with E-state index in [1.807, 2.05) is 0 Å². The first-order valence-electron chi connectivity index (χ1n) is 5.38. The molecule has 0 aliphatic rings. The van der Waals surface area contributed by atoms with E-state index in [1.165, 1.54) is 0 Å². The van der Waals surface area contributed by atoms with Crippen molar-refractivity contribution in [3.63, 3.8) is 0 Å². The molecule has 0 aromatic carbocycles. The van der Waals surface area contributed by atoms with Gasteiger partial charge in [0.1, 0.15) is 17.7 Å². The molecule has 1 heterocycles. The van der Waals surface area contributed by atoms with Gasteiger partial charge in [-0.1, -0.05) is 22.9 Å². The van der Waals surface area contributed by atoms with Gasteiger partial charge in [-0.05, 0) is 6.92 Å². The van der Waals surface area contributed by atoms with Gasteiger partial charge in [0.25, 0.3) is 0 Å². The molecule has 0 aliphatic carbocycles. The van der Waals surface area contributed by atoms with E-state index in [4.69, 9.17) is 27.2 Å². The van der Waals surface area contributed by atoms with Crippen molar-refractivity contribution >= 4 is 34.9 Å². The average molecular weight is 309 g/mol. The van der Waals surface area contributed by atoms with E-state index in [0.29, 0.717) is 4.88 Å². The van der Waals surface area contributed by atoms with Crippen LogP contribution in [0.25, 0.3) is 0 Å². The predicted octanol–water partition coefficient (Wildman–Crippen LogP) is 0.0807. The first-order chi connectivity index (χ1) is 8.86. The lowest BCUT2D eigenvalue weighted by atomic mass is 10.2. The number of hydrogen-bond donors (Lipinski definition) is 2. The van der Waals surface area contributed by atoms with E-state index >= 15 is 0 Å². The number of hydrogen-bond acceptors (Lipinski definition) is 6. The van der Waals surface area contributed by atoms with Gasteiger partial charge in [-0.25, -0.2) is 0 Å². The molecule has 1 aromatic heterocycles. The van der Waals surface area contributed by atoms with Gasteiger partial charge in [-0.2, -0.15) is 0 Å². The van der Waals surface area contributed by atoms with Crippen LogP contribution in [0.3, 0.4) is 0 Å². The summed E-state index contributed by atoms with van der Waals surface area (Å²) in [5, 5.41) is 8.73. The number of aromatic nitrogens is 1. The molecule has 7 nitrogen and oxygen atoms in total. The fourth-order valence-electron chi connectivity index (χ4n) is 1.32. The van der Waals surface area contributed by atoms with Crippen LogP contribution in [0, 0.1) is 0 Å². The van der Waals surface area contributed by atoms with E-state index < -0.39 is 22.9 Å². The third-order valence-corrected chi connectivity index (χ3v) is 3.76. The second-order valence-corrected chi connectivity index (χ2v) is 5.03. The Kier molecular flexibility index (Phi) is 5.52. The highest BCUT2D eigenvalue weighted by atomic mass is 35.5. The van der Waals surface area contributed by atoms with Gasteiger partial charge < -0.3 is 15.6 Å². The molecule has 0 saturated heterocycles. The fourth-order valence-corrected chi connectivity index (χ4v) is 2.63. The van der Waals surface area contributed by atoms with Gasteiger partial charge in [0, 0.05) is 11.3 Å². The van der Waals surface area contributed by atoms with Crippen LogP contribution in [0.2, 0.25) is 5.15 Å². The van der Waals surface area contributed by atoms with Crippen LogP contribution in [0.1, 0.15) is 11.8 Å². The molecule has 1 atom stereocenters. The fraction of sp³-hybridized carbons (Fsp3) is 0.500. The number of carbonyl (C=O) groups is 2. The third kappa shape index (κ3) is 4.05. The third-order valence-electron chi connectivity index (χ3n) is 2.21. The number of halogens is 1. The summed E-state index contributed by atoms with van der Waals surface area (Å²) in [6.07, 6.45) is -0.0656.